The Balaban J connectivity index is 1.39. The fraction of sp³-hybridized carbons (Fsp3) is 0.533. The lowest BCUT2D eigenvalue weighted by Gasteiger charge is -2.44. The van der Waals surface area contributed by atoms with Crippen LogP contribution in [0.15, 0.2) is 36.5 Å². The van der Waals surface area contributed by atoms with E-state index in [0.717, 1.165) is 32.5 Å². The number of aromatic nitrogens is 5. The topological polar surface area (TPSA) is 68.9 Å². The third-order valence-electron chi connectivity index (χ3n) is 8.94. The molecule has 0 saturated carbocycles. The molecule has 42 heavy (non-hydrogen) atoms. The van der Waals surface area contributed by atoms with Crippen molar-refractivity contribution in [3.05, 3.63) is 42.1 Å². The lowest BCUT2D eigenvalue weighted by molar-refractivity contribution is -0.137. The van der Waals surface area contributed by atoms with Crippen molar-refractivity contribution in [1.82, 2.24) is 34.4 Å². The molecular formula is C30H38F3N9. The summed E-state index contributed by atoms with van der Waals surface area (Å²) in [5, 5.41) is 8.86. The number of nitrogens with zero attached hydrogens (tertiary/aromatic N) is 9. The Hall–Kier alpha value is -3.51. The van der Waals surface area contributed by atoms with Crippen LogP contribution in [-0.2, 0) is 6.18 Å². The van der Waals surface area contributed by atoms with E-state index in [2.05, 4.69) is 50.7 Å². The van der Waals surface area contributed by atoms with Crippen LogP contribution in [0.5, 0.6) is 0 Å². The molecule has 6 rings (SSSR count). The van der Waals surface area contributed by atoms with Crippen molar-refractivity contribution in [2.75, 3.05) is 56.6 Å². The Kier molecular flexibility index (Phi) is 7.46. The summed E-state index contributed by atoms with van der Waals surface area (Å²) in [5.74, 6) is 0.670. The van der Waals surface area contributed by atoms with Crippen LogP contribution in [0.2, 0.25) is 0 Å². The normalized spacial score (nSPS) is 21.3. The van der Waals surface area contributed by atoms with Gasteiger partial charge in [-0.2, -0.15) is 13.2 Å². The molecular weight excluding hydrogens is 543 g/mol. The summed E-state index contributed by atoms with van der Waals surface area (Å²) >= 11 is 0. The minimum Gasteiger partial charge on any atom is -0.371 e. The van der Waals surface area contributed by atoms with E-state index in [1.165, 1.54) is 6.07 Å². The van der Waals surface area contributed by atoms with Gasteiger partial charge in [0.05, 0.1) is 17.5 Å². The molecule has 3 aromatic heterocycles. The Morgan fingerprint density at radius 2 is 1.67 bits per heavy atom. The van der Waals surface area contributed by atoms with Crippen molar-refractivity contribution in [2.45, 2.75) is 57.9 Å². The first-order chi connectivity index (χ1) is 20.0. The first kappa shape index (κ1) is 28.6. The second-order valence-electron chi connectivity index (χ2n) is 11.8. The van der Waals surface area contributed by atoms with Crippen LogP contribution in [0.1, 0.15) is 39.2 Å². The van der Waals surface area contributed by atoms with Gasteiger partial charge in [-0.3, -0.25) is 4.90 Å². The maximum atomic E-state index is 14.4. The van der Waals surface area contributed by atoms with E-state index >= 15 is 0 Å². The van der Waals surface area contributed by atoms with Crippen LogP contribution in [0.4, 0.5) is 24.8 Å². The molecule has 2 aliphatic rings. The molecule has 2 aliphatic heterocycles. The van der Waals surface area contributed by atoms with Gasteiger partial charge in [0, 0.05) is 55.6 Å². The largest absolute Gasteiger partial charge is 0.418 e. The number of piperazine rings is 1. The van der Waals surface area contributed by atoms with Crippen molar-refractivity contribution in [3.63, 3.8) is 0 Å². The van der Waals surface area contributed by atoms with Crippen LogP contribution in [0.25, 0.3) is 28.1 Å². The number of hydrogen-bond donors (Lipinski definition) is 0. The van der Waals surface area contributed by atoms with Gasteiger partial charge in [-0.25, -0.2) is 14.4 Å². The van der Waals surface area contributed by atoms with E-state index in [0.29, 0.717) is 65.2 Å². The highest BCUT2D eigenvalue weighted by Crippen LogP contribution is 2.40. The lowest BCUT2D eigenvalue weighted by Crippen LogP contribution is -2.57. The summed E-state index contributed by atoms with van der Waals surface area (Å²) in [6, 6.07) is 9.14. The fourth-order valence-corrected chi connectivity index (χ4v) is 6.74. The third-order valence-corrected chi connectivity index (χ3v) is 8.94. The zero-order valence-corrected chi connectivity index (χ0v) is 24.8. The molecule has 5 heterocycles. The second kappa shape index (κ2) is 11.0. The maximum Gasteiger partial charge on any atom is 0.418 e. The number of rotatable bonds is 5. The molecule has 0 aliphatic carbocycles. The summed E-state index contributed by atoms with van der Waals surface area (Å²) in [5.41, 5.74) is 2.13. The SMILES string of the molecule is CCN1[C@H](C)CN(c2nnc3cnc4ccc(-c5ccc(N6CCC(N(C)C)CC6)c(C(F)(F)F)c5)nc4n23)C[C@@H]1C. The third kappa shape index (κ3) is 5.15. The van der Waals surface area contributed by atoms with Crippen LogP contribution < -0.4 is 9.80 Å². The maximum absolute atomic E-state index is 14.4. The molecule has 4 aromatic rings. The second-order valence-corrected chi connectivity index (χ2v) is 11.8. The molecule has 12 heteroatoms. The molecule has 2 fully saturated rings. The molecule has 0 radical (unpaired) electrons. The molecule has 224 valence electrons. The van der Waals surface area contributed by atoms with Crippen LogP contribution in [0.3, 0.4) is 0 Å². The number of alkyl halides is 3. The average Bonchev–Trinajstić information content (AvgIpc) is 3.41. The minimum absolute atomic E-state index is 0.226. The van der Waals surface area contributed by atoms with Gasteiger partial charge in [-0.15, -0.1) is 10.2 Å². The van der Waals surface area contributed by atoms with E-state index in [-0.39, 0.29) is 5.69 Å². The van der Waals surface area contributed by atoms with Gasteiger partial charge in [0.2, 0.25) is 5.95 Å². The number of pyridine rings is 1. The van der Waals surface area contributed by atoms with E-state index in [9.17, 15) is 13.2 Å². The number of anilines is 2. The van der Waals surface area contributed by atoms with Gasteiger partial charge < -0.3 is 14.7 Å². The quantitative estimate of drug-likeness (QED) is 0.333. The highest BCUT2D eigenvalue weighted by molar-refractivity contribution is 5.79. The summed E-state index contributed by atoms with van der Waals surface area (Å²) in [6.07, 6.45) is -1.18. The van der Waals surface area contributed by atoms with Crippen LogP contribution in [0, 0.1) is 0 Å². The van der Waals surface area contributed by atoms with E-state index in [1.807, 2.05) is 23.4 Å². The number of halogens is 3. The molecule has 0 bridgehead atoms. The standard InChI is InChI=1S/C30H38F3N9/c1-6-41-19(2)17-40(18-20(41)3)29-37-36-27-16-34-25-9-8-24(35-28(25)42(27)29)21-7-10-26(23(15-21)30(31,32)33)39-13-11-22(12-14-39)38(4)5/h7-10,15-16,19-20,22H,6,11-14,17-18H2,1-5H3/t19-,20+. The van der Waals surface area contributed by atoms with Crippen LogP contribution in [-0.4, -0.2) is 99.3 Å². The van der Waals surface area contributed by atoms with Crippen molar-refractivity contribution in [1.29, 1.82) is 0 Å². The Morgan fingerprint density at radius 3 is 2.31 bits per heavy atom. The molecule has 0 amide bonds. The predicted octanol–water partition coefficient (Wildman–Crippen LogP) is 4.81. The highest BCUT2D eigenvalue weighted by atomic mass is 19.4. The average molecular weight is 582 g/mol. The first-order valence-electron chi connectivity index (χ1n) is 14.7. The molecule has 2 saturated heterocycles. The number of hydrogen-bond acceptors (Lipinski definition) is 8. The smallest absolute Gasteiger partial charge is 0.371 e. The zero-order valence-electron chi connectivity index (χ0n) is 24.8. The van der Waals surface area contributed by atoms with Gasteiger partial charge >= 0.3 is 6.18 Å². The van der Waals surface area contributed by atoms with E-state index in [1.54, 1.807) is 30.5 Å². The molecule has 2 atom stereocenters. The molecule has 0 N–H and O–H groups in total. The Labute approximate surface area is 243 Å². The number of piperidine rings is 1. The minimum atomic E-state index is -4.50. The Morgan fingerprint density at radius 1 is 0.952 bits per heavy atom. The number of likely N-dealkylation sites (N-methyl/N-ethyl adjacent to an activating group) is 1. The summed E-state index contributed by atoms with van der Waals surface area (Å²) in [7, 11) is 4.04. The van der Waals surface area contributed by atoms with Crippen molar-refractivity contribution < 1.29 is 13.2 Å². The molecule has 0 spiro atoms. The summed E-state index contributed by atoms with van der Waals surface area (Å²) in [6.45, 7) is 10.3. The fourth-order valence-electron chi connectivity index (χ4n) is 6.74. The van der Waals surface area contributed by atoms with E-state index < -0.39 is 11.7 Å². The monoisotopic (exact) mass is 581 g/mol. The highest BCUT2D eigenvalue weighted by Gasteiger charge is 2.36. The Bertz CT molecular complexity index is 1560. The molecule has 1 aromatic carbocycles. The van der Waals surface area contributed by atoms with Crippen molar-refractivity contribution in [2.24, 2.45) is 0 Å². The molecule has 9 nitrogen and oxygen atoms in total. The summed E-state index contributed by atoms with van der Waals surface area (Å²) < 4.78 is 45.1. The zero-order chi connectivity index (χ0) is 29.8. The van der Waals surface area contributed by atoms with Gasteiger partial charge in [0.1, 0.15) is 5.52 Å². The number of fused-ring (bicyclic) bond motifs is 3. The summed E-state index contributed by atoms with van der Waals surface area (Å²) in [4.78, 5) is 18.0. The first-order valence-corrected chi connectivity index (χ1v) is 14.7. The predicted molar refractivity (Wildman–Crippen MR) is 159 cm³/mol. The number of benzene rings is 1. The van der Waals surface area contributed by atoms with Gasteiger partial charge in [0.15, 0.2) is 11.3 Å². The van der Waals surface area contributed by atoms with Gasteiger partial charge in [0.25, 0.3) is 0 Å². The van der Waals surface area contributed by atoms with Gasteiger partial charge in [-0.1, -0.05) is 13.0 Å². The van der Waals surface area contributed by atoms with Crippen molar-refractivity contribution in [3.8, 4) is 11.3 Å². The van der Waals surface area contributed by atoms with Crippen LogP contribution >= 0.6 is 0 Å². The lowest BCUT2D eigenvalue weighted by atomic mass is 10.00. The van der Waals surface area contributed by atoms with Crippen molar-refractivity contribution >= 4 is 28.4 Å². The van der Waals surface area contributed by atoms with E-state index in [4.69, 9.17) is 4.98 Å². The molecule has 0 unspecified atom stereocenters. The van der Waals surface area contributed by atoms with Gasteiger partial charge in [-0.05, 0) is 71.6 Å².